The van der Waals surface area contributed by atoms with Crippen molar-refractivity contribution in [3.63, 3.8) is 0 Å². The summed E-state index contributed by atoms with van der Waals surface area (Å²) in [6, 6.07) is 12.6. The lowest BCUT2D eigenvalue weighted by molar-refractivity contribution is 0.0938. The largest absolute Gasteiger partial charge is 0.350 e. The number of likely N-dealkylation sites (tertiary alicyclic amines) is 1. The molecular weight excluding hydrogens is 328 g/mol. The summed E-state index contributed by atoms with van der Waals surface area (Å²) in [5, 5.41) is 5.27. The summed E-state index contributed by atoms with van der Waals surface area (Å²) in [6.07, 6.45) is 2.51. The zero-order chi connectivity index (χ0) is 17.9. The molecule has 0 bridgehead atoms. The van der Waals surface area contributed by atoms with Crippen molar-refractivity contribution < 1.29 is 4.79 Å². The topological polar surface area (TPSA) is 32.3 Å². The Morgan fingerprint density at radius 3 is 2.40 bits per heavy atom. The van der Waals surface area contributed by atoms with Gasteiger partial charge < -0.3 is 5.32 Å². The SMILES string of the molecule is CC(C)(C)c1ccc(C(=O)NC[C@H](c2cccs2)N2CCCC2)cc1. The number of nitrogens with one attached hydrogen (secondary N) is 1. The van der Waals surface area contributed by atoms with Crippen LogP contribution in [0.4, 0.5) is 0 Å². The normalized spacial score (nSPS) is 16.8. The Bertz CT molecular complexity index is 680. The summed E-state index contributed by atoms with van der Waals surface area (Å²) in [5.41, 5.74) is 2.09. The van der Waals surface area contributed by atoms with Gasteiger partial charge >= 0.3 is 0 Å². The molecule has 2 aromatic rings. The maximum atomic E-state index is 12.6. The van der Waals surface area contributed by atoms with Gasteiger partial charge in [-0.3, -0.25) is 9.69 Å². The molecule has 0 saturated carbocycles. The molecule has 3 rings (SSSR count). The Kier molecular flexibility index (Phi) is 5.60. The highest BCUT2D eigenvalue weighted by Crippen LogP contribution is 2.28. The number of hydrogen-bond donors (Lipinski definition) is 1. The van der Waals surface area contributed by atoms with Crippen LogP contribution in [0.5, 0.6) is 0 Å². The van der Waals surface area contributed by atoms with Gasteiger partial charge in [-0.05, 0) is 60.5 Å². The maximum absolute atomic E-state index is 12.6. The van der Waals surface area contributed by atoms with Crippen LogP contribution >= 0.6 is 11.3 Å². The molecule has 1 aliphatic heterocycles. The van der Waals surface area contributed by atoms with Crippen LogP contribution in [0.25, 0.3) is 0 Å². The lowest BCUT2D eigenvalue weighted by Gasteiger charge is -2.27. The van der Waals surface area contributed by atoms with E-state index in [4.69, 9.17) is 0 Å². The maximum Gasteiger partial charge on any atom is 0.251 e. The Balaban J connectivity index is 1.65. The van der Waals surface area contributed by atoms with Crippen molar-refractivity contribution in [3.05, 3.63) is 57.8 Å². The van der Waals surface area contributed by atoms with Gasteiger partial charge in [-0.2, -0.15) is 0 Å². The molecule has 2 heterocycles. The monoisotopic (exact) mass is 356 g/mol. The minimum atomic E-state index is 0.0150. The molecular formula is C21H28N2OS. The number of nitrogens with zero attached hydrogens (tertiary/aromatic N) is 1. The average Bonchev–Trinajstić information content (AvgIpc) is 3.28. The molecule has 1 amide bonds. The van der Waals surface area contributed by atoms with E-state index in [1.165, 1.54) is 23.3 Å². The summed E-state index contributed by atoms with van der Waals surface area (Å²) in [5.74, 6) is 0.0150. The number of carbonyl (C=O) groups is 1. The van der Waals surface area contributed by atoms with Crippen molar-refractivity contribution in [2.75, 3.05) is 19.6 Å². The second kappa shape index (κ2) is 7.71. The molecule has 0 spiro atoms. The molecule has 1 fully saturated rings. The van der Waals surface area contributed by atoms with E-state index in [0.717, 1.165) is 18.7 Å². The third-order valence-electron chi connectivity index (χ3n) is 4.92. The first-order valence-electron chi connectivity index (χ1n) is 9.11. The summed E-state index contributed by atoms with van der Waals surface area (Å²) in [4.78, 5) is 16.4. The van der Waals surface area contributed by atoms with Gasteiger partial charge in [0.1, 0.15) is 0 Å². The lowest BCUT2D eigenvalue weighted by atomic mass is 9.87. The number of rotatable bonds is 5. The zero-order valence-electron chi connectivity index (χ0n) is 15.4. The Morgan fingerprint density at radius 2 is 1.84 bits per heavy atom. The molecule has 0 aliphatic carbocycles. The van der Waals surface area contributed by atoms with Crippen molar-refractivity contribution in [1.29, 1.82) is 0 Å². The summed E-state index contributed by atoms with van der Waals surface area (Å²) < 4.78 is 0. The van der Waals surface area contributed by atoms with Gasteiger partial charge in [-0.25, -0.2) is 0 Å². The molecule has 0 unspecified atom stereocenters. The standard InChI is InChI=1S/C21H28N2OS/c1-21(2,3)17-10-8-16(9-11-17)20(24)22-15-18(19-7-6-14-25-19)23-12-4-5-13-23/h6-11,14,18H,4-5,12-13,15H2,1-3H3,(H,22,24)/t18-/m1/s1. The minimum Gasteiger partial charge on any atom is -0.350 e. The second-order valence-electron chi connectivity index (χ2n) is 7.81. The van der Waals surface area contributed by atoms with E-state index >= 15 is 0 Å². The number of hydrogen-bond acceptors (Lipinski definition) is 3. The molecule has 1 aromatic heterocycles. The van der Waals surface area contributed by atoms with E-state index in [1.807, 2.05) is 12.1 Å². The number of amides is 1. The number of thiophene rings is 1. The minimum absolute atomic E-state index is 0.0150. The smallest absolute Gasteiger partial charge is 0.251 e. The van der Waals surface area contributed by atoms with E-state index in [2.05, 4.69) is 60.6 Å². The first-order chi connectivity index (χ1) is 11.9. The van der Waals surface area contributed by atoms with E-state index in [9.17, 15) is 4.79 Å². The van der Waals surface area contributed by atoms with Crippen molar-refractivity contribution in [2.24, 2.45) is 0 Å². The van der Waals surface area contributed by atoms with E-state index in [0.29, 0.717) is 12.6 Å². The first-order valence-corrected chi connectivity index (χ1v) is 9.99. The average molecular weight is 357 g/mol. The highest BCUT2D eigenvalue weighted by molar-refractivity contribution is 7.10. The highest BCUT2D eigenvalue weighted by Gasteiger charge is 2.25. The van der Waals surface area contributed by atoms with Crippen LogP contribution in [0.15, 0.2) is 41.8 Å². The second-order valence-corrected chi connectivity index (χ2v) is 8.79. The molecule has 134 valence electrons. The van der Waals surface area contributed by atoms with Gasteiger partial charge in [0.15, 0.2) is 0 Å². The molecule has 1 aliphatic rings. The summed E-state index contributed by atoms with van der Waals surface area (Å²) >= 11 is 1.78. The lowest BCUT2D eigenvalue weighted by Crippen LogP contribution is -2.36. The molecule has 25 heavy (non-hydrogen) atoms. The fourth-order valence-corrected chi connectivity index (χ4v) is 4.22. The molecule has 1 atom stereocenters. The molecule has 1 N–H and O–H groups in total. The third-order valence-corrected chi connectivity index (χ3v) is 5.90. The van der Waals surface area contributed by atoms with E-state index in [-0.39, 0.29) is 11.3 Å². The van der Waals surface area contributed by atoms with Gasteiger partial charge in [-0.15, -0.1) is 11.3 Å². The third kappa shape index (κ3) is 4.50. The quantitative estimate of drug-likeness (QED) is 0.848. The zero-order valence-corrected chi connectivity index (χ0v) is 16.2. The predicted molar refractivity (Wildman–Crippen MR) is 105 cm³/mol. The molecule has 3 nitrogen and oxygen atoms in total. The van der Waals surface area contributed by atoms with Crippen LogP contribution in [0.2, 0.25) is 0 Å². The van der Waals surface area contributed by atoms with Crippen LogP contribution in [-0.4, -0.2) is 30.4 Å². The molecule has 1 aromatic carbocycles. The molecule has 0 radical (unpaired) electrons. The Labute approximate surface area is 155 Å². The summed E-state index contributed by atoms with van der Waals surface area (Å²) in [6.45, 7) is 9.47. The van der Waals surface area contributed by atoms with Crippen LogP contribution in [-0.2, 0) is 5.41 Å². The van der Waals surface area contributed by atoms with Crippen LogP contribution in [0.1, 0.15) is 60.5 Å². The van der Waals surface area contributed by atoms with Crippen molar-refractivity contribution in [2.45, 2.75) is 45.1 Å². The Hall–Kier alpha value is -1.65. The van der Waals surface area contributed by atoms with E-state index < -0.39 is 0 Å². The van der Waals surface area contributed by atoms with Crippen molar-refractivity contribution in [1.82, 2.24) is 10.2 Å². The van der Waals surface area contributed by atoms with Crippen LogP contribution in [0.3, 0.4) is 0 Å². The first kappa shape index (κ1) is 18.2. The van der Waals surface area contributed by atoms with Gasteiger partial charge in [0.05, 0.1) is 6.04 Å². The summed E-state index contributed by atoms with van der Waals surface area (Å²) in [7, 11) is 0. The molecule has 4 heteroatoms. The fraction of sp³-hybridized carbons (Fsp3) is 0.476. The van der Waals surface area contributed by atoms with E-state index in [1.54, 1.807) is 11.3 Å². The van der Waals surface area contributed by atoms with Gasteiger partial charge in [0.2, 0.25) is 0 Å². The van der Waals surface area contributed by atoms with Crippen molar-refractivity contribution >= 4 is 17.2 Å². The Morgan fingerprint density at radius 1 is 1.16 bits per heavy atom. The highest BCUT2D eigenvalue weighted by atomic mass is 32.1. The van der Waals surface area contributed by atoms with Gasteiger partial charge in [0, 0.05) is 17.0 Å². The van der Waals surface area contributed by atoms with Crippen LogP contribution in [0, 0.1) is 0 Å². The molecule has 1 saturated heterocycles. The van der Waals surface area contributed by atoms with Crippen molar-refractivity contribution in [3.8, 4) is 0 Å². The van der Waals surface area contributed by atoms with Gasteiger partial charge in [-0.1, -0.05) is 39.0 Å². The van der Waals surface area contributed by atoms with Crippen LogP contribution < -0.4 is 5.32 Å². The van der Waals surface area contributed by atoms with Gasteiger partial charge in [0.25, 0.3) is 5.91 Å². The fourth-order valence-electron chi connectivity index (χ4n) is 3.36. The predicted octanol–water partition coefficient (Wildman–Crippen LogP) is 4.61. The number of carbonyl (C=O) groups excluding carboxylic acids is 1. The number of benzene rings is 1.